The van der Waals surface area contributed by atoms with E-state index in [-0.39, 0.29) is 12.5 Å². The van der Waals surface area contributed by atoms with E-state index in [9.17, 15) is 4.79 Å². The molecule has 1 heterocycles. The van der Waals surface area contributed by atoms with Gasteiger partial charge in [-0.3, -0.25) is 4.79 Å². The number of carbonyl (C=O) groups is 1. The van der Waals surface area contributed by atoms with Crippen LogP contribution in [-0.2, 0) is 4.79 Å². The smallest absolute Gasteiger partial charge is 0.243 e. The lowest BCUT2D eigenvalue weighted by Crippen LogP contribution is -2.46. The zero-order chi connectivity index (χ0) is 15.1. The maximum Gasteiger partial charge on any atom is 0.243 e. The topological polar surface area (TPSA) is 47.9 Å². The Morgan fingerprint density at radius 2 is 2.00 bits per heavy atom. The van der Waals surface area contributed by atoms with Crippen LogP contribution in [0.3, 0.4) is 0 Å². The number of hydrogen-bond donors (Lipinski definition) is 1. The van der Waals surface area contributed by atoms with Crippen molar-refractivity contribution in [3.8, 4) is 0 Å². The lowest BCUT2D eigenvalue weighted by molar-refractivity contribution is -0.127. The summed E-state index contributed by atoms with van der Waals surface area (Å²) in [4.78, 5) is 19.9. The first-order valence-corrected chi connectivity index (χ1v) is 7.28. The van der Waals surface area contributed by atoms with Crippen LogP contribution in [0.15, 0.2) is 17.1 Å². The SMILES string of the molecule is C=C(C)CNC(=NCC(=O)N(C)C)N1CCC(C)CC1. The standard InChI is InChI=1S/C15H28N4O/c1-12(2)10-16-15(17-11-14(20)18(4)5)19-8-6-13(3)7-9-19/h13H,1,6-11H2,2-5H3,(H,16,17). The summed E-state index contributed by atoms with van der Waals surface area (Å²) in [6.45, 7) is 11.0. The fourth-order valence-electron chi connectivity index (χ4n) is 2.00. The Kier molecular flexibility index (Phi) is 6.55. The van der Waals surface area contributed by atoms with E-state index in [4.69, 9.17) is 0 Å². The molecule has 1 aliphatic heterocycles. The molecule has 1 amide bonds. The molecule has 0 aliphatic carbocycles. The van der Waals surface area contributed by atoms with Crippen molar-refractivity contribution >= 4 is 11.9 Å². The number of nitrogens with zero attached hydrogens (tertiary/aromatic N) is 3. The molecule has 0 aromatic heterocycles. The minimum absolute atomic E-state index is 0.0185. The molecule has 114 valence electrons. The average Bonchev–Trinajstić information content (AvgIpc) is 2.39. The lowest BCUT2D eigenvalue weighted by atomic mass is 9.99. The highest BCUT2D eigenvalue weighted by Gasteiger charge is 2.19. The third-order valence-electron chi connectivity index (χ3n) is 3.49. The quantitative estimate of drug-likeness (QED) is 0.480. The number of piperidine rings is 1. The van der Waals surface area contributed by atoms with Gasteiger partial charge in [0.15, 0.2) is 5.96 Å². The summed E-state index contributed by atoms with van der Waals surface area (Å²) in [5, 5.41) is 3.30. The summed E-state index contributed by atoms with van der Waals surface area (Å²) in [7, 11) is 3.50. The number of guanidine groups is 1. The number of carbonyl (C=O) groups excluding carboxylic acids is 1. The van der Waals surface area contributed by atoms with Crippen LogP contribution < -0.4 is 5.32 Å². The van der Waals surface area contributed by atoms with Crippen LogP contribution in [-0.4, -0.2) is 61.9 Å². The largest absolute Gasteiger partial charge is 0.353 e. The van der Waals surface area contributed by atoms with Crippen molar-refractivity contribution < 1.29 is 4.79 Å². The molecule has 0 aromatic carbocycles. The summed E-state index contributed by atoms with van der Waals surface area (Å²) in [6.07, 6.45) is 2.35. The molecule has 0 saturated carbocycles. The van der Waals surface area contributed by atoms with Gasteiger partial charge in [0.05, 0.1) is 0 Å². The number of likely N-dealkylation sites (N-methyl/N-ethyl adjacent to an activating group) is 1. The number of likely N-dealkylation sites (tertiary alicyclic amines) is 1. The third-order valence-corrected chi connectivity index (χ3v) is 3.49. The van der Waals surface area contributed by atoms with Crippen molar-refractivity contribution in [1.82, 2.24) is 15.1 Å². The number of amides is 1. The van der Waals surface area contributed by atoms with E-state index < -0.39 is 0 Å². The minimum atomic E-state index is 0.0185. The van der Waals surface area contributed by atoms with Crippen LogP contribution in [0.1, 0.15) is 26.7 Å². The Labute approximate surface area is 122 Å². The maximum absolute atomic E-state index is 11.7. The molecule has 5 heteroatoms. The van der Waals surface area contributed by atoms with Crippen molar-refractivity contribution in [2.45, 2.75) is 26.7 Å². The summed E-state index contributed by atoms with van der Waals surface area (Å²) in [5.41, 5.74) is 1.06. The van der Waals surface area contributed by atoms with E-state index in [2.05, 4.69) is 28.7 Å². The fourth-order valence-corrected chi connectivity index (χ4v) is 2.00. The summed E-state index contributed by atoms with van der Waals surface area (Å²) < 4.78 is 0. The third kappa shape index (κ3) is 5.63. The van der Waals surface area contributed by atoms with Crippen molar-refractivity contribution in [3.05, 3.63) is 12.2 Å². The fraction of sp³-hybridized carbons (Fsp3) is 0.733. The van der Waals surface area contributed by atoms with E-state index >= 15 is 0 Å². The monoisotopic (exact) mass is 280 g/mol. The molecule has 0 spiro atoms. The Hall–Kier alpha value is -1.52. The first-order chi connectivity index (χ1) is 9.40. The molecule has 0 atom stereocenters. The van der Waals surface area contributed by atoms with Gasteiger partial charge >= 0.3 is 0 Å². The Morgan fingerprint density at radius 1 is 1.40 bits per heavy atom. The van der Waals surface area contributed by atoms with Crippen LogP contribution in [0.25, 0.3) is 0 Å². The molecule has 20 heavy (non-hydrogen) atoms. The average molecular weight is 280 g/mol. The Bertz CT molecular complexity index is 368. The zero-order valence-electron chi connectivity index (χ0n) is 13.3. The van der Waals surface area contributed by atoms with Gasteiger partial charge in [0.25, 0.3) is 0 Å². The molecule has 0 bridgehead atoms. The molecule has 1 N–H and O–H groups in total. The Morgan fingerprint density at radius 3 is 2.50 bits per heavy atom. The Balaban J connectivity index is 2.66. The van der Waals surface area contributed by atoms with E-state index in [1.807, 2.05) is 6.92 Å². The van der Waals surface area contributed by atoms with Crippen LogP contribution in [0.5, 0.6) is 0 Å². The highest BCUT2D eigenvalue weighted by Crippen LogP contribution is 2.15. The van der Waals surface area contributed by atoms with Crippen LogP contribution >= 0.6 is 0 Å². The van der Waals surface area contributed by atoms with E-state index in [1.165, 1.54) is 12.8 Å². The van der Waals surface area contributed by atoms with Crippen molar-refractivity contribution in [1.29, 1.82) is 0 Å². The second-order valence-electron chi connectivity index (χ2n) is 5.91. The predicted molar refractivity (Wildman–Crippen MR) is 83.8 cm³/mol. The first kappa shape index (κ1) is 16.5. The van der Waals surface area contributed by atoms with Gasteiger partial charge in [-0.15, -0.1) is 0 Å². The lowest BCUT2D eigenvalue weighted by Gasteiger charge is -2.33. The minimum Gasteiger partial charge on any atom is -0.353 e. The van der Waals surface area contributed by atoms with Gasteiger partial charge in [-0.1, -0.05) is 19.1 Å². The molecule has 0 radical (unpaired) electrons. The molecule has 1 aliphatic rings. The molecule has 0 aromatic rings. The normalized spacial score (nSPS) is 17.0. The summed E-state index contributed by atoms with van der Waals surface area (Å²) in [5.74, 6) is 1.62. The van der Waals surface area contributed by atoms with Gasteiger partial charge in [-0.2, -0.15) is 0 Å². The van der Waals surface area contributed by atoms with Crippen molar-refractivity contribution in [3.63, 3.8) is 0 Å². The highest BCUT2D eigenvalue weighted by molar-refractivity contribution is 5.85. The summed E-state index contributed by atoms with van der Waals surface area (Å²) >= 11 is 0. The summed E-state index contributed by atoms with van der Waals surface area (Å²) in [6, 6.07) is 0. The van der Waals surface area contributed by atoms with Gasteiger partial charge in [-0.25, -0.2) is 4.99 Å². The van der Waals surface area contributed by atoms with Gasteiger partial charge < -0.3 is 15.1 Å². The number of aliphatic imine (C=N–C) groups is 1. The van der Waals surface area contributed by atoms with E-state index in [0.717, 1.165) is 30.5 Å². The number of rotatable bonds is 4. The molecule has 0 unspecified atom stereocenters. The van der Waals surface area contributed by atoms with Gasteiger partial charge in [0.1, 0.15) is 6.54 Å². The predicted octanol–water partition coefficient (Wildman–Crippen LogP) is 1.33. The number of hydrogen-bond acceptors (Lipinski definition) is 2. The molecular weight excluding hydrogens is 252 g/mol. The van der Waals surface area contributed by atoms with Crippen molar-refractivity contribution in [2.24, 2.45) is 10.9 Å². The van der Waals surface area contributed by atoms with Crippen LogP contribution in [0.4, 0.5) is 0 Å². The second-order valence-corrected chi connectivity index (χ2v) is 5.91. The van der Waals surface area contributed by atoms with Gasteiger partial charge in [0.2, 0.25) is 5.91 Å². The molecular formula is C15H28N4O. The maximum atomic E-state index is 11.7. The zero-order valence-corrected chi connectivity index (χ0v) is 13.3. The van der Waals surface area contributed by atoms with Gasteiger partial charge in [0, 0.05) is 33.7 Å². The first-order valence-electron chi connectivity index (χ1n) is 7.28. The van der Waals surface area contributed by atoms with Gasteiger partial charge in [-0.05, 0) is 25.7 Å². The molecule has 1 saturated heterocycles. The van der Waals surface area contributed by atoms with Crippen molar-refractivity contribution in [2.75, 3.05) is 40.3 Å². The molecule has 1 fully saturated rings. The van der Waals surface area contributed by atoms with E-state index in [1.54, 1.807) is 19.0 Å². The highest BCUT2D eigenvalue weighted by atomic mass is 16.2. The second kappa shape index (κ2) is 7.92. The van der Waals surface area contributed by atoms with Crippen LogP contribution in [0.2, 0.25) is 0 Å². The molecule has 5 nitrogen and oxygen atoms in total. The van der Waals surface area contributed by atoms with E-state index in [0.29, 0.717) is 6.54 Å². The number of nitrogens with one attached hydrogen (secondary N) is 1. The van der Waals surface area contributed by atoms with Crippen LogP contribution in [0, 0.1) is 5.92 Å². The molecule has 1 rings (SSSR count).